The van der Waals surface area contributed by atoms with Crippen LogP contribution in [0.2, 0.25) is 0 Å². The number of rotatable bonds is 7. The molecule has 1 aromatic carbocycles. The van der Waals surface area contributed by atoms with Gasteiger partial charge in [0.05, 0.1) is 11.0 Å². The van der Waals surface area contributed by atoms with E-state index in [2.05, 4.69) is 31.8 Å². The molecule has 1 aromatic heterocycles. The van der Waals surface area contributed by atoms with Crippen LogP contribution in [0.4, 0.5) is 0 Å². The van der Waals surface area contributed by atoms with E-state index in [1.165, 1.54) is 0 Å². The lowest BCUT2D eigenvalue weighted by molar-refractivity contribution is -0.131. The molecule has 24 heavy (non-hydrogen) atoms. The number of carbonyl (C=O) groups is 1. The molecule has 0 saturated carbocycles. The monoisotopic (exact) mass is 331 g/mol. The van der Waals surface area contributed by atoms with Crippen LogP contribution in [0.1, 0.15) is 56.7 Å². The fraction of sp³-hybridized carbons (Fsp3) is 0.579. The van der Waals surface area contributed by atoms with Crippen molar-refractivity contribution in [3.05, 3.63) is 29.1 Å². The fourth-order valence-electron chi connectivity index (χ4n) is 3.02. The topological polar surface area (TPSA) is 58.4 Å². The van der Waals surface area contributed by atoms with E-state index in [1.807, 2.05) is 22.5 Å². The lowest BCUT2D eigenvalue weighted by Crippen LogP contribution is -2.35. The number of aliphatic hydroxyl groups excluding tert-OH is 1. The minimum absolute atomic E-state index is 0.0816. The molecule has 0 bridgehead atoms. The summed E-state index contributed by atoms with van der Waals surface area (Å²) in [7, 11) is 0. The number of aromatic nitrogens is 2. The van der Waals surface area contributed by atoms with Crippen molar-refractivity contribution in [2.45, 2.75) is 60.1 Å². The number of aryl methyl sites for hydroxylation is 2. The van der Waals surface area contributed by atoms with Crippen molar-refractivity contribution in [1.82, 2.24) is 14.5 Å². The van der Waals surface area contributed by atoms with E-state index in [9.17, 15) is 9.90 Å². The van der Waals surface area contributed by atoms with E-state index >= 15 is 0 Å². The first kappa shape index (κ1) is 18.5. The predicted octanol–water partition coefficient (Wildman–Crippen LogP) is 3.36. The third-order valence-corrected chi connectivity index (χ3v) is 4.40. The average Bonchev–Trinajstić information content (AvgIpc) is 2.85. The van der Waals surface area contributed by atoms with E-state index in [-0.39, 0.29) is 12.5 Å². The predicted molar refractivity (Wildman–Crippen MR) is 97.0 cm³/mol. The van der Waals surface area contributed by atoms with Crippen LogP contribution in [0, 0.1) is 13.8 Å². The van der Waals surface area contributed by atoms with Crippen molar-refractivity contribution in [3.63, 3.8) is 0 Å². The second-order valence-corrected chi connectivity index (χ2v) is 6.54. The van der Waals surface area contributed by atoms with Crippen molar-refractivity contribution in [2.24, 2.45) is 0 Å². The molecule has 0 fully saturated rings. The van der Waals surface area contributed by atoms with Crippen LogP contribution >= 0.6 is 0 Å². The zero-order chi connectivity index (χ0) is 17.9. The molecule has 1 N–H and O–H groups in total. The molecule has 0 spiro atoms. The highest BCUT2D eigenvalue weighted by Crippen LogP contribution is 2.24. The largest absolute Gasteiger partial charge is 0.385 e. The van der Waals surface area contributed by atoms with Crippen molar-refractivity contribution in [1.29, 1.82) is 0 Å². The smallest absolute Gasteiger partial charge is 0.242 e. The van der Waals surface area contributed by atoms with Gasteiger partial charge in [-0.3, -0.25) is 4.79 Å². The first-order chi connectivity index (χ1) is 11.4. The summed E-state index contributed by atoms with van der Waals surface area (Å²) in [6, 6.07) is 4.08. The summed E-state index contributed by atoms with van der Waals surface area (Å²) in [5, 5.41) is 10.1. The van der Waals surface area contributed by atoms with Gasteiger partial charge >= 0.3 is 0 Å². The standard InChI is InChI=1S/C19H29N3O2/c1-6-8-21(9-7-2)18(24)12-22-17-11-14(4)13(3)10-16(17)20-19(22)15(5)23/h10-11,15,23H,6-9,12H2,1-5H3. The lowest BCUT2D eigenvalue weighted by atomic mass is 10.1. The van der Waals surface area contributed by atoms with Gasteiger partial charge in [0, 0.05) is 13.1 Å². The molecule has 5 heteroatoms. The summed E-state index contributed by atoms with van der Waals surface area (Å²) in [6.07, 6.45) is 1.17. The van der Waals surface area contributed by atoms with Gasteiger partial charge in [0.1, 0.15) is 18.5 Å². The molecule has 1 amide bonds. The Labute approximate surface area is 144 Å². The molecule has 1 heterocycles. The van der Waals surface area contributed by atoms with Gasteiger partial charge in [-0.25, -0.2) is 4.98 Å². The van der Waals surface area contributed by atoms with Crippen LogP contribution in [-0.4, -0.2) is 38.6 Å². The molecule has 2 aromatic rings. The highest BCUT2D eigenvalue weighted by molar-refractivity contribution is 5.82. The van der Waals surface area contributed by atoms with Crippen molar-refractivity contribution < 1.29 is 9.90 Å². The van der Waals surface area contributed by atoms with Crippen molar-refractivity contribution in [3.8, 4) is 0 Å². The third kappa shape index (κ3) is 3.78. The number of imidazole rings is 1. The maximum atomic E-state index is 12.8. The Morgan fingerprint density at radius 2 is 1.79 bits per heavy atom. The van der Waals surface area contributed by atoms with E-state index in [4.69, 9.17) is 0 Å². The third-order valence-electron chi connectivity index (χ3n) is 4.40. The number of fused-ring (bicyclic) bond motifs is 1. The first-order valence-corrected chi connectivity index (χ1v) is 8.82. The van der Waals surface area contributed by atoms with Crippen LogP contribution in [0.15, 0.2) is 12.1 Å². The normalized spacial score (nSPS) is 12.6. The van der Waals surface area contributed by atoms with Gasteiger partial charge in [0.2, 0.25) is 5.91 Å². The molecule has 0 aliphatic rings. The summed E-state index contributed by atoms with van der Waals surface area (Å²) in [6.45, 7) is 11.7. The number of hydrogen-bond acceptors (Lipinski definition) is 3. The Hall–Kier alpha value is -1.88. The SMILES string of the molecule is CCCN(CCC)C(=O)Cn1c(C(C)O)nc2cc(C)c(C)cc21. The number of hydrogen-bond donors (Lipinski definition) is 1. The first-order valence-electron chi connectivity index (χ1n) is 8.82. The second kappa shape index (κ2) is 7.79. The van der Waals surface area contributed by atoms with Crippen molar-refractivity contribution >= 4 is 16.9 Å². The number of carbonyl (C=O) groups excluding carboxylic acids is 1. The van der Waals surface area contributed by atoms with Crippen LogP contribution in [0.5, 0.6) is 0 Å². The van der Waals surface area contributed by atoms with E-state index in [0.29, 0.717) is 5.82 Å². The molecular formula is C19H29N3O2. The van der Waals surface area contributed by atoms with Crippen molar-refractivity contribution in [2.75, 3.05) is 13.1 Å². The molecule has 1 unspecified atom stereocenters. The van der Waals surface area contributed by atoms with Gasteiger partial charge in [0.25, 0.3) is 0 Å². The second-order valence-electron chi connectivity index (χ2n) is 6.54. The Morgan fingerprint density at radius 1 is 1.21 bits per heavy atom. The van der Waals surface area contributed by atoms with Gasteiger partial charge < -0.3 is 14.6 Å². The van der Waals surface area contributed by atoms with Gasteiger partial charge in [0.15, 0.2) is 0 Å². The van der Waals surface area contributed by atoms with E-state index in [0.717, 1.165) is 48.1 Å². The summed E-state index contributed by atoms with van der Waals surface area (Å²) >= 11 is 0. The maximum Gasteiger partial charge on any atom is 0.242 e. The van der Waals surface area contributed by atoms with E-state index in [1.54, 1.807) is 6.92 Å². The minimum atomic E-state index is -0.711. The zero-order valence-corrected chi connectivity index (χ0v) is 15.5. The Bertz CT molecular complexity index is 713. The zero-order valence-electron chi connectivity index (χ0n) is 15.5. The lowest BCUT2D eigenvalue weighted by Gasteiger charge is -2.22. The number of amides is 1. The number of aliphatic hydroxyl groups is 1. The fourth-order valence-corrected chi connectivity index (χ4v) is 3.02. The minimum Gasteiger partial charge on any atom is -0.385 e. The molecule has 0 aliphatic heterocycles. The Kier molecular flexibility index (Phi) is 5.99. The highest BCUT2D eigenvalue weighted by Gasteiger charge is 2.20. The summed E-state index contributed by atoms with van der Waals surface area (Å²) < 4.78 is 1.87. The molecule has 0 aliphatic carbocycles. The van der Waals surface area contributed by atoms with Crippen LogP contribution in [0.3, 0.4) is 0 Å². The maximum absolute atomic E-state index is 12.8. The Morgan fingerprint density at radius 3 is 2.33 bits per heavy atom. The molecule has 1 atom stereocenters. The summed E-state index contributed by atoms with van der Waals surface area (Å²) in [4.78, 5) is 19.2. The van der Waals surface area contributed by atoms with E-state index < -0.39 is 6.10 Å². The molecule has 5 nitrogen and oxygen atoms in total. The highest BCUT2D eigenvalue weighted by atomic mass is 16.3. The van der Waals surface area contributed by atoms with Gasteiger partial charge in [-0.15, -0.1) is 0 Å². The van der Waals surface area contributed by atoms with Crippen LogP contribution in [-0.2, 0) is 11.3 Å². The number of nitrogens with zero attached hydrogens (tertiary/aromatic N) is 3. The van der Waals surface area contributed by atoms with Crippen LogP contribution in [0.25, 0.3) is 11.0 Å². The van der Waals surface area contributed by atoms with Gasteiger partial charge in [-0.1, -0.05) is 13.8 Å². The number of benzene rings is 1. The average molecular weight is 331 g/mol. The molecule has 2 rings (SSSR count). The summed E-state index contributed by atoms with van der Waals surface area (Å²) in [5.41, 5.74) is 4.07. The molecule has 132 valence electrons. The summed E-state index contributed by atoms with van der Waals surface area (Å²) in [5.74, 6) is 0.634. The molecule has 0 radical (unpaired) electrons. The molecular weight excluding hydrogens is 302 g/mol. The Balaban J connectivity index is 2.44. The quantitative estimate of drug-likeness (QED) is 0.846. The molecule has 0 saturated heterocycles. The van der Waals surface area contributed by atoms with Crippen LogP contribution < -0.4 is 0 Å². The van der Waals surface area contributed by atoms with Gasteiger partial charge in [-0.05, 0) is 56.9 Å². The van der Waals surface area contributed by atoms with Gasteiger partial charge in [-0.2, -0.15) is 0 Å².